The molecule has 3 N–H and O–H groups in total. The highest BCUT2D eigenvalue weighted by Gasteiger charge is 2.38. The predicted octanol–water partition coefficient (Wildman–Crippen LogP) is 3.74. The lowest BCUT2D eigenvalue weighted by Gasteiger charge is -2.20. The van der Waals surface area contributed by atoms with E-state index in [9.17, 15) is 31.1 Å². The number of carboxylic acid groups (broad SMARTS) is 3. The van der Waals surface area contributed by atoms with Crippen LogP contribution in [0.5, 0.6) is 11.6 Å². The number of halogens is 6. The molecule has 0 aliphatic carbocycles. The largest absolute Gasteiger partial charge is 0.490 e. The van der Waals surface area contributed by atoms with Crippen molar-refractivity contribution in [1.29, 1.82) is 0 Å². The second kappa shape index (κ2) is 9.77. The van der Waals surface area contributed by atoms with Crippen LogP contribution in [0.3, 0.4) is 0 Å². The molecule has 0 amide bonds. The van der Waals surface area contributed by atoms with Crippen molar-refractivity contribution in [3.63, 3.8) is 0 Å². The average molecular weight is 455 g/mol. The van der Waals surface area contributed by atoms with E-state index in [4.69, 9.17) is 29.6 Å². The zero-order valence-electron chi connectivity index (χ0n) is 14.9. The van der Waals surface area contributed by atoms with Crippen molar-refractivity contribution in [2.75, 3.05) is 0 Å². The van der Waals surface area contributed by atoms with Crippen LogP contribution in [0.4, 0.5) is 26.3 Å². The van der Waals surface area contributed by atoms with E-state index in [1.165, 1.54) is 6.07 Å². The lowest BCUT2D eigenvalue weighted by Crippen LogP contribution is -2.21. The molecule has 2 aromatic rings. The summed E-state index contributed by atoms with van der Waals surface area (Å²) < 4.78 is 69.1. The quantitative estimate of drug-likeness (QED) is 0.473. The second-order valence-corrected chi connectivity index (χ2v) is 5.45. The fraction of sp³-hybridized carbons (Fsp3) is 0.176. The second-order valence-electron chi connectivity index (χ2n) is 5.45. The molecule has 0 fully saturated rings. The zero-order valence-corrected chi connectivity index (χ0v) is 14.9. The number of alkyl halides is 6. The minimum absolute atomic E-state index is 0.179. The number of carbonyl (C=O) groups is 3. The maximum atomic E-state index is 11.1. The highest BCUT2D eigenvalue weighted by Crippen LogP contribution is 2.37. The number of hydrogen-bond donors (Lipinski definition) is 3. The number of nitrogens with zero attached hydrogens (tertiary/aromatic N) is 1. The first-order valence-electron chi connectivity index (χ1n) is 7.71. The minimum atomic E-state index is -5.08. The van der Waals surface area contributed by atoms with Gasteiger partial charge in [0.05, 0.1) is 0 Å². The number of carboxylic acids is 3. The standard InChI is InChI=1S/C13H9NO3.2C2HF3O2/c15-13(16)10-5-1-3-8-7-9-4-2-6-14-12(9)17-11(8)10;2*3-2(4,5)1(6)7/h1-6H,7H2,(H,15,16);2*(H,6,7). The van der Waals surface area contributed by atoms with Crippen molar-refractivity contribution in [3.8, 4) is 11.6 Å². The number of fused-ring (bicyclic) bond motifs is 2. The molecule has 1 aromatic heterocycles. The Morgan fingerprint density at radius 1 is 0.839 bits per heavy atom. The molecule has 1 aliphatic rings. The summed E-state index contributed by atoms with van der Waals surface area (Å²) in [6.45, 7) is 0. The van der Waals surface area contributed by atoms with E-state index < -0.39 is 30.3 Å². The molecule has 0 saturated carbocycles. The molecular formula is C17H11F6NO7. The van der Waals surface area contributed by atoms with Crippen LogP contribution in [0, 0.1) is 0 Å². The molecule has 168 valence electrons. The molecule has 14 heteroatoms. The van der Waals surface area contributed by atoms with Gasteiger partial charge >= 0.3 is 30.3 Å². The van der Waals surface area contributed by atoms with Gasteiger partial charge in [-0.3, -0.25) is 0 Å². The van der Waals surface area contributed by atoms with Crippen molar-refractivity contribution in [3.05, 3.63) is 53.2 Å². The molecule has 0 atom stereocenters. The molecular weight excluding hydrogens is 444 g/mol. The van der Waals surface area contributed by atoms with E-state index in [1.807, 2.05) is 18.2 Å². The SMILES string of the molecule is O=C(O)C(F)(F)F.O=C(O)C(F)(F)F.O=C(O)c1cccc2c1Oc1ncccc1C2. The molecule has 1 aromatic carbocycles. The number of hydrogen-bond acceptors (Lipinski definition) is 5. The van der Waals surface area contributed by atoms with Crippen LogP contribution in [-0.2, 0) is 16.0 Å². The molecule has 0 unspecified atom stereocenters. The molecule has 0 radical (unpaired) electrons. The third-order valence-corrected chi connectivity index (χ3v) is 3.24. The van der Waals surface area contributed by atoms with Crippen LogP contribution in [-0.4, -0.2) is 50.6 Å². The Hall–Kier alpha value is -3.84. The number of para-hydroxylation sites is 1. The summed E-state index contributed by atoms with van der Waals surface area (Å²) in [7, 11) is 0. The smallest absolute Gasteiger partial charge is 0.478 e. The number of aliphatic carboxylic acids is 2. The zero-order chi connectivity index (χ0) is 24.0. The maximum absolute atomic E-state index is 11.1. The summed E-state index contributed by atoms with van der Waals surface area (Å²) >= 11 is 0. The lowest BCUT2D eigenvalue weighted by atomic mass is 10.00. The first kappa shape index (κ1) is 25.2. The third kappa shape index (κ3) is 7.49. The summed E-state index contributed by atoms with van der Waals surface area (Å²) in [4.78, 5) is 33.0. The van der Waals surface area contributed by atoms with Crippen molar-refractivity contribution >= 4 is 17.9 Å². The van der Waals surface area contributed by atoms with Gasteiger partial charge in [0.2, 0.25) is 5.88 Å². The molecule has 0 spiro atoms. The van der Waals surface area contributed by atoms with Gasteiger partial charge < -0.3 is 20.1 Å². The minimum Gasteiger partial charge on any atom is -0.478 e. The van der Waals surface area contributed by atoms with E-state index in [0.29, 0.717) is 18.1 Å². The van der Waals surface area contributed by atoms with Gasteiger partial charge in [0, 0.05) is 23.7 Å². The summed E-state index contributed by atoms with van der Waals surface area (Å²) in [5, 5.41) is 23.3. The molecule has 0 bridgehead atoms. The number of aromatic nitrogens is 1. The maximum Gasteiger partial charge on any atom is 0.490 e. The Bertz CT molecular complexity index is 948. The molecule has 3 rings (SSSR count). The fourth-order valence-electron chi connectivity index (χ4n) is 1.97. The molecule has 8 nitrogen and oxygen atoms in total. The van der Waals surface area contributed by atoms with Crippen LogP contribution in [0.2, 0.25) is 0 Å². The van der Waals surface area contributed by atoms with Crippen LogP contribution in [0.25, 0.3) is 0 Å². The Labute approximate surface area is 168 Å². The number of rotatable bonds is 1. The normalized spacial score (nSPS) is 11.8. The van der Waals surface area contributed by atoms with Crippen molar-refractivity contribution in [1.82, 2.24) is 4.98 Å². The molecule has 0 saturated heterocycles. The van der Waals surface area contributed by atoms with E-state index in [0.717, 1.165) is 11.1 Å². The number of ether oxygens (including phenoxy) is 1. The van der Waals surface area contributed by atoms with Gasteiger partial charge in [0.25, 0.3) is 0 Å². The Balaban J connectivity index is 0.000000288. The van der Waals surface area contributed by atoms with Gasteiger partial charge in [-0.25, -0.2) is 19.4 Å². The Morgan fingerprint density at radius 2 is 1.32 bits per heavy atom. The van der Waals surface area contributed by atoms with Gasteiger partial charge in [-0.2, -0.15) is 26.3 Å². The predicted molar refractivity (Wildman–Crippen MR) is 87.9 cm³/mol. The summed E-state index contributed by atoms with van der Waals surface area (Å²) in [6, 6.07) is 8.91. The van der Waals surface area contributed by atoms with Crippen molar-refractivity contribution in [2.45, 2.75) is 18.8 Å². The Kier molecular flexibility index (Phi) is 7.94. The van der Waals surface area contributed by atoms with Gasteiger partial charge in [0.15, 0.2) is 0 Å². The third-order valence-electron chi connectivity index (χ3n) is 3.24. The van der Waals surface area contributed by atoms with Gasteiger partial charge in [-0.05, 0) is 12.1 Å². The molecule has 1 aliphatic heterocycles. The van der Waals surface area contributed by atoms with E-state index in [-0.39, 0.29) is 5.56 Å². The van der Waals surface area contributed by atoms with E-state index in [1.54, 1.807) is 12.3 Å². The fourth-order valence-corrected chi connectivity index (χ4v) is 1.97. The van der Waals surface area contributed by atoms with Crippen LogP contribution in [0.15, 0.2) is 36.5 Å². The van der Waals surface area contributed by atoms with Gasteiger partial charge in [-0.15, -0.1) is 0 Å². The van der Waals surface area contributed by atoms with Gasteiger partial charge in [0.1, 0.15) is 11.3 Å². The summed E-state index contributed by atoms with van der Waals surface area (Å²) in [5.74, 6) is -5.60. The highest BCUT2D eigenvalue weighted by molar-refractivity contribution is 5.91. The topological polar surface area (TPSA) is 134 Å². The van der Waals surface area contributed by atoms with Crippen LogP contribution >= 0.6 is 0 Å². The average Bonchev–Trinajstić information content (AvgIpc) is 2.65. The summed E-state index contributed by atoms with van der Waals surface area (Å²) in [5.41, 5.74) is 2.03. The number of benzene rings is 1. The number of aromatic carboxylic acids is 1. The first-order valence-corrected chi connectivity index (χ1v) is 7.71. The van der Waals surface area contributed by atoms with E-state index in [2.05, 4.69) is 4.98 Å². The lowest BCUT2D eigenvalue weighted by molar-refractivity contribution is -0.193. The van der Waals surface area contributed by atoms with Gasteiger partial charge in [-0.1, -0.05) is 18.2 Å². The highest BCUT2D eigenvalue weighted by atomic mass is 19.4. The molecule has 31 heavy (non-hydrogen) atoms. The van der Waals surface area contributed by atoms with E-state index >= 15 is 0 Å². The monoisotopic (exact) mass is 455 g/mol. The van der Waals surface area contributed by atoms with Crippen LogP contribution in [0.1, 0.15) is 21.5 Å². The van der Waals surface area contributed by atoms with Crippen molar-refractivity contribution in [2.24, 2.45) is 0 Å². The summed E-state index contributed by atoms with van der Waals surface area (Å²) in [6.07, 6.45) is -7.88. The molecule has 2 heterocycles. The number of pyridine rings is 1. The van der Waals surface area contributed by atoms with Crippen molar-refractivity contribution < 1.29 is 60.8 Å². The van der Waals surface area contributed by atoms with Crippen LogP contribution < -0.4 is 4.74 Å². The Morgan fingerprint density at radius 3 is 1.77 bits per heavy atom. The first-order chi connectivity index (χ1) is 14.1.